The average molecular weight is 319 g/mol. The SMILES string of the molecule is CCCCC1=CCC(C)=[C]1[Ti+2][C]1=CC=CC1.[Cl-].[Cl-]. The molecule has 0 nitrogen and oxygen atoms in total. The van der Waals surface area contributed by atoms with E-state index in [0.717, 1.165) is 0 Å². The summed E-state index contributed by atoms with van der Waals surface area (Å²) in [7, 11) is 0. The number of hydrogen-bond acceptors (Lipinski definition) is 0. The van der Waals surface area contributed by atoms with Gasteiger partial charge in [-0.1, -0.05) is 0 Å². The molecule has 18 heavy (non-hydrogen) atoms. The van der Waals surface area contributed by atoms with Crippen molar-refractivity contribution in [2.24, 2.45) is 0 Å². The van der Waals surface area contributed by atoms with Gasteiger partial charge in [0.15, 0.2) is 0 Å². The second-order valence-electron chi connectivity index (χ2n) is 4.64. The quantitative estimate of drug-likeness (QED) is 0.554. The van der Waals surface area contributed by atoms with Crippen LogP contribution in [0.15, 0.2) is 43.2 Å². The van der Waals surface area contributed by atoms with Crippen LogP contribution in [0.5, 0.6) is 0 Å². The predicted octanol–water partition coefficient (Wildman–Crippen LogP) is -1.28. The Morgan fingerprint density at radius 2 is 2.00 bits per heavy atom. The van der Waals surface area contributed by atoms with Crippen molar-refractivity contribution in [2.75, 3.05) is 0 Å². The third kappa shape index (κ3) is 4.74. The minimum absolute atomic E-state index is 0. The van der Waals surface area contributed by atoms with Crippen molar-refractivity contribution in [3.8, 4) is 0 Å². The standard InChI is InChI=1S/C10H15.C5H5.2ClH.Ti/c1-3-4-5-10-7-6-9(2)8-10;1-2-4-5-3-1;;;/h7H,3-6H2,1-2H3;1-3H,4H2;2*1H;/q;;;;+2/p-2. The molecule has 0 unspecified atom stereocenters. The number of rotatable bonds is 5. The number of allylic oxidation sites excluding steroid dienone is 8. The summed E-state index contributed by atoms with van der Waals surface area (Å²) < 4.78 is 3.47. The molecule has 0 heterocycles. The average Bonchev–Trinajstić information content (AvgIpc) is 2.89. The van der Waals surface area contributed by atoms with E-state index in [0.29, 0.717) is 0 Å². The van der Waals surface area contributed by atoms with Crippen LogP contribution in [0.3, 0.4) is 0 Å². The molecule has 98 valence electrons. The van der Waals surface area contributed by atoms with Gasteiger partial charge in [-0.05, 0) is 0 Å². The molecule has 0 atom stereocenters. The summed E-state index contributed by atoms with van der Waals surface area (Å²) >= 11 is -0.0149. The van der Waals surface area contributed by atoms with Crippen LogP contribution in [0.4, 0.5) is 0 Å². The molecular weight excluding hydrogens is 299 g/mol. The van der Waals surface area contributed by atoms with E-state index in [9.17, 15) is 0 Å². The summed E-state index contributed by atoms with van der Waals surface area (Å²) in [5, 5.41) is 0. The molecule has 0 amide bonds. The Balaban J connectivity index is 0.00000144. The monoisotopic (exact) mass is 318 g/mol. The van der Waals surface area contributed by atoms with Gasteiger partial charge in [0, 0.05) is 0 Å². The molecule has 0 bridgehead atoms. The van der Waals surface area contributed by atoms with E-state index >= 15 is 0 Å². The molecule has 0 fully saturated rings. The van der Waals surface area contributed by atoms with Crippen LogP contribution in [0.25, 0.3) is 0 Å². The molecular formula is C15H20Cl2Ti. The van der Waals surface area contributed by atoms with Gasteiger partial charge in [0.25, 0.3) is 0 Å². The third-order valence-electron chi connectivity index (χ3n) is 3.26. The Labute approximate surface area is 132 Å². The maximum absolute atomic E-state index is 2.48. The summed E-state index contributed by atoms with van der Waals surface area (Å²) in [5.41, 5.74) is 3.34. The van der Waals surface area contributed by atoms with Crippen LogP contribution >= 0.6 is 0 Å². The Bertz CT molecular complexity index is 389. The molecule has 2 rings (SSSR count). The molecule has 2 aliphatic carbocycles. The fourth-order valence-electron chi connectivity index (χ4n) is 2.24. The molecule has 0 spiro atoms. The zero-order valence-electron chi connectivity index (χ0n) is 11.1. The minimum Gasteiger partial charge on any atom is -1.00 e. The number of unbranched alkanes of at least 4 members (excludes halogenated alkanes) is 1. The molecule has 0 aliphatic heterocycles. The van der Waals surface area contributed by atoms with Gasteiger partial charge in [0.1, 0.15) is 0 Å². The molecule has 0 aromatic heterocycles. The van der Waals surface area contributed by atoms with Gasteiger partial charge in [0.2, 0.25) is 0 Å². The van der Waals surface area contributed by atoms with Crippen molar-refractivity contribution in [3.63, 3.8) is 0 Å². The third-order valence-corrected chi connectivity index (χ3v) is 5.90. The van der Waals surface area contributed by atoms with E-state index in [1.807, 2.05) is 0 Å². The molecule has 0 saturated carbocycles. The molecule has 0 aromatic rings. The summed E-state index contributed by atoms with van der Waals surface area (Å²) in [5.74, 6) is 0. The van der Waals surface area contributed by atoms with Gasteiger partial charge in [-0.25, -0.2) is 0 Å². The Morgan fingerprint density at radius 3 is 2.61 bits per heavy atom. The normalized spacial score (nSPS) is 16.8. The van der Waals surface area contributed by atoms with E-state index in [1.54, 1.807) is 18.9 Å². The summed E-state index contributed by atoms with van der Waals surface area (Å²) in [6.45, 7) is 4.61. The summed E-state index contributed by atoms with van der Waals surface area (Å²) in [4.78, 5) is 0. The van der Waals surface area contributed by atoms with E-state index in [2.05, 4.69) is 38.2 Å². The van der Waals surface area contributed by atoms with Crippen molar-refractivity contribution in [3.05, 3.63) is 43.2 Å². The molecule has 0 radical (unpaired) electrons. The topological polar surface area (TPSA) is 0 Å². The van der Waals surface area contributed by atoms with Crippen molar-refractivity contribution < 1.29 is 44.0 Å². The fourth-order valence-corrected chi connectivity index (χ4v) is 4.46. The van der Waals surface area contributed by atoms with Crippen LogP contribution in [0.1, 0.15) is 46.0 Å². The van der Waals surface area contributed by atoms with Crippen molar-refractivity contribution in [1.82, 2.24) is 0 Å². The smallest absolute Gasteiger partial charge is 1.00 e. The molecule has 0 N–H and O–H groups in total. The zero-order valence-corrected chi connectivity index (χ0v) is 14.2. The van der Waals surface area contributed by atoms with Crippen molar-refractivity contribution >= 4 is 0 Å². The van der Waals surface area contributed by atoms with Gasteiger partial charge in [-0.15, -0.1) is 0 Å². The zero-order chi connectivity index (χ0) is 11.4. The van der Waals surface area contributed by atoms with Crippen LogP contribution in [-0.2, 0) is 19.2 Å². The van der Waals surface area contributed by atoms with Gasteiger partial charge >= 0.3 is 108 Å². The first-order valence-electron chi connectivity index (χ1n) is 6.33. The first kappa shape index (κ1) is 18.3. The molecule has 3 heteroatoms. The van der Waals surface area contributed by atoms with Crippen LogP contribution in [0, 0.1) is 0 Å². The largest absolute Gasteiger partial charge is 1.00 e. The molecule has 0 saturated heterocycles. The van der Waals surface area contributed by atoms with Gasteiger partial charge in [-0.3, -0.25) is 0 Å². The second kappa shape index (κ2) is 9.20. The molecule has 0 aromatic carbocycles. The second-order valence-corrected chi connectivity index (χ2v) is 6.82. The van der Waals surface area contributed by atoms with E-state index in [4.69, 9.17) is 0 Å². The van der Waals surface area contributed by atoms with Crippen LogP contribution in [0.2, 0.25) is 0 Å². The summed E-state index contributed by atoms with van der Waals surface area (Å²) in [6.07, 6.45) is 15.8. The maximum atomic E-state index is 2.48. The summed E-state index contributed by atoms with van der Waals surface area (Å²) in [6, 6.07) is 0. The van der Waals surface area contributed by atoms with Gasteiger partial charge in [0.05, 0.1) is 0 Å². The number of hydrogen-bond donors (Lipinski definition) is 0. The van der Waals surface area contributed by atoms with E-state index in [-0.39, 0.29) is 44.0 Å². The first-order chi connectivity index (χ1) is 7.81. The number of halogens is 2. The Kier molecular flexibility index (Phi) is 9.33. The van der Waals surface area contributed by atoms with Crippen LogP contribution in [-0.4, -0.2) is 0 Å². The first-order valence-corrected chi connectivity index (χ1v) is 7.89. The maximum Gasteiger partial charge on any atom is -1.00 e. The van der Waals surface area contributed by atoms with E-state index in [1.165, 1.54) is 32.1 Å². The minimum atomic E-state index is -0.0149. The van der Waals surface area contributed by atoms with E-state index < -0.39 is 0 Å². The van der Waals surface area contributed by atoms with Gasteiger partial charge < -0.3 is 24.8 Å². The Morgan fingerprint density at radius 1 is 1.22 bits per heavy atom. The fraction of sp³-hybridized carbons (Fsp3) is 0.467. The molecule has 2 aliphatic rings. The van der Waals surface area contributed by atoms with Crippen molar-refractivity contribution in [2.45, 2.75) is 46.0 Å². The van der Waals surface area contributed by atoms with Crippen molar-refractivity contribution in [1.29, 1.82) is 0 Å². The predicted molar refractivity (Wildman–Crippen MR) is 66.8 cm³/mol. The van der Waals surface area contributed by atoms with Crippen LogP contribution < -0.4 is 24.8 Å². The Hall–Kier alpha value is 0.254. The van der Waals surface area contributed by atoms with Gasteiger partial charge in [-0.2, -0.15) is 0 Å².